The Hall–Kier alpha value is -3.26. The standard InChI is InChI=1S/C44H59BrO7/c1-27(2)15-18-31-25-43-26-32(19-16-28(3)4)42(9,10)52-39(43)36(38(49)44(40(43)50,41(31,7)8)22-21-29(5)6)37(48)30-17-20-33(46)34(24-30)51-35(47)14-12-11-13-23-45/h15-17,20-21,24,31-32,46H,11-14,18-19,22-23,25-26H2,1-10H3/t31-,32+,43+,44+/m1/s1. The molecule has 1 saturated heterocycles. The number of hydrogen-bond donors (Lipinski definition) is 1. The first-order valence-electron chi connectivity index (χ1n) is 18.8. The molecule has 1 N–H and O–H groups in total. The van der Waals surface area contributed by atoms with Crippen LogP contribution in [0.3, 0.4) is 0 Å². The fourth-order valence-corrected chi connectivity index (χ4v) is 8.90. The van der Waals surface area contributed by atoms with E-state index in [-0.39, 0.29) is 58.9 Å². The minimum Gasteiger partial charge on any atom is -0.504 e. The molecule has 7 nitrogen and oxygen atoms in total. The molecule has 2 bridgehead atoms. The number of rotatable bonds is 14. The van der Waals surface area contributed by atoms with Crippen molar-refractivity contribution in [3.8, 4) is 11.5 Å². The average molecular weight is 780 g/mol. The number of esters is 1. The molecule has 0 unspecified atom stereocenters. The molecule has 3 aliphatic rings. The van der Waals surface area contributed by atoms with Gasteiger partial charge in [-0.2, -0.15) is 0 Å². The summed E-state index contributed by atoms with van der Waals surface area (Å²) in [7, 11) is 0. The number of ether oxygens (including phenoxy) is 2. The number of aromatic hydroxyl groups is 1. The van der Waals surface area contributed by atoms with Crippen LogP contribution in [-0.2, 0) is 19.1 Å². The number of fused-ring (bicyclic) bond motifs is 1. The summed E-state index contributed by atoms with van der Waals surface area (Å²) < 4.78 is 12.5. The Kier molecular flexibility index (Phi) is 12.8. The number of benzene rings is 1. The highest BCUT2D eigenvalue weighted by molar-refractivity contribution is 9.09. The molecule has 1 saturated carbocycles. The summed E-state index contributed by atoms with van der Waals surface area (Å²) in [5.41, 5.74) is -1.04. The highest BCUT2D eigenvalue weighted by Crippen LogP contribution is 2.69. The predicted molar refractivity (Wildman–Crippen MR) is 210 cm³/mol. The van der Waals surface area contributed by atoms with Crippen LogP contribution in [0.4, 0.5) is 0 Å². The monoisotopic (exact) mass is 778 g/mol. The molecule has 1 spiro atoms. The summed E-state index contributed by atoms with van der Waals surface area (Å²) >= 11 is 3.39. The van der Waals surface area contributed by atoms with E-state index in [1.165, 1.54) is 23.8 Å². The third-order valence-corrected chi connectivity index (χ3v) is 12.4. The number of alkyl halides is 1. The van der Waals surface area contributed by atoms with E-state index in [9.17, 15) is 14.7 Å². The molecule has 0 amide bonds. The van der Waals surface area contributed by atoms with Crippen molar-refractivity contribution in [3.05, 3.63) is 70.0 Å². The van der Waals surface area contributed by atoms with Crippen molar-refractivity contribution in [1.82, 2.24) is 0 Å². The molecule has 1 heterocycles. The minimum atomic E-state index is -1.52. The number of unbranched alkanes of at least 4 members (excludes halogenated alkanes) is 2. The molecule has 2 fully saturated rings. The lowest BCUT2D eigenvalue weighted by atomic mass is 9.39. The van der Waals surface area contributed by atoms with Crippen molar-refractivity contribution in [2.45, 2.75) is 133 Å². The maximum atomic E-state index is 15.6. The van der Waals surface area contributed by atoms with Gasteiger partial charge < -0.3 is 14.6 Å². The van der Waals surface area contributed by atoms with Gasteiger partial charge >= 0.3 is 5.97 Å². The molecule has 0 radical (unpaired) electrons. The first kappa shape index (κ1) is 41.5. The predicted octanol–water partition coefficient (Wildman–Crippen LogP) is 10.7. The number of ketones is 3. The number of Topliss-reactive ketones (excluding diaryl/α,β-unsaturated/α-hetero) is 3. The fraction of sp³-hybridized carbons (Fsp3) is 0.591. The Bertz CT molecular complexity index is 1710. The summed E-state index contributed by atoms with van der Waals surface area (Å²) in [4.78, 5) is 58.7. The topological polar surface area (TPSA) is 107 Å². The van der Waals surface area contributed by atoms with Crippen LogP contribution in [0.25, 0.3) is 0 Å². The second-order valence-corrected chi connectivity index (χ2v) is 17.9. The molecule has 284 valence electrons. The van der Waals surface area contributed by atoms with E-state index in [0.29, 0.717) is 32.1 Å². The lowest BCUT2D eigenvalue weighted by Crippen LogP contribution is -2.69. The summed E-state index contributed by atoms with van der Waals surface area (Å²) in [6, 6.07) is 4.06. The van der Waals surface area contributed by atoms with Crippen LogP contribution in [0, 0.1) is 28.1 Å². The molecule has 1 aromatic carbocycles. The van der Waals surface area contributed by atoms with Gasteiger partial charge in [-0.15, -0.1) is 0 Å². The molecule has 2 aliphatic carbocycles. The minimum absolute atomic E-state index is 0.0515. The van der Waals surface area contributed by atoms with Gasteiger partial charge in [-0.1, -0.05) is 71.1 Å². The van der Waals surface area contributed by atoms with Gasteiger partial charge in [-0.05, 0) is 130 Å². The SMILES string of the molecule is CC(C)=CC[C@H]1C[C@@]23C[C@@H](CC=C(C)C)C(C)(C)[C@@](CC=C(C)C)(C(=O)C(C(=O)c4ccc(O)c(OC(=O)CCCCCBr)c4)=C2OC1(C)C)C3=O. The quantitative estimate of drug-likeness (QED) is 0.0293. The average Bonchev–Trinajstić information content (AvgIpc) is 3.05. The van der Waals surface area contributed by atoms with Crippen molar-refractivity contribution in [2.24, 2.45) is 28.1 Å². The van der Waals surface area contributed by atoms with Crippen LogP contribution in [0.5, 0.6) is 11.5 Å². The van der Waals surface area contributed by atoms with E-state index in [4.69, 9.17) is 9.47 Å². The molecule has 4 rings (SSSR count). The van der Waals surface area contributed by atoms with E-state index in [2.05, 4.69) is 55.8 Å². The summed E-state index contributed by atoms with van der Waals surface area (Å²) in [6.45, 7) is 20.1. The number of phenols is 1. The van der Waals surface area contributed by atoms with Gasteiger partial charge in [0, 0.05) is 23.2 Å². The zero-order chi connectivity index (χ0) is 38.8. The normalized spacial score (nSPS) is 25.8. The highest BCUT2D eigenvalue weighted by Gasteiger charge is 2.74. The van der Waals surface area contributed by atoms with Crippen molar-refractivity contribution in [1.29, 1.82) is 0 Å². The van der Waals surface area contributed by atoms with Crippen LogP contribution in [0.15, 0.2) is 64.5 Å². The number of carbonyl (C=O) groups is 4. The van der Waals surface area contributed by atoms with Crippen molar-refractivity contribution in [2.75, 3.05) is 5.33 Å². The maximum Gasteiger partial charge on any atom is 0.311 e. The van der Waals surface area contributed by atoms with E-state index in [0.717, 1.165) is 29.3 Å². The largest absolute Gasteiger partial charge is 0.504 e. The molecule has 1 aliphatic heterocycles. The van der Waals surface area contributed by atoms with Crippen LogP contribution in [-0.4, -0.2) is 39.4 Å². The number of carbonyl (C=O) groups excluding carboxylic acids is 4. The molecule has 4 atom stereocenters. The van der Waals surface area contributed by atoms with E-state index >= 15 is 9.59 Å². The molecular formula is C44H59BrO7. The Morgan fingerprint density at radius 3 is 2.08 bits per heavy atom. The van der Waals surface area contributed by atoms with Gasteiger partial charge in [0.2, 0.25) is 0 Å². The number of phenolic OH excluding ortho intramolecular Hbond substituents is 1. The second kappa shape index (κ2) is 16.0. The summed E-state index contributed by atoms with van der Waals surface area (Å²) in [6.07, 6.45) is 11.4. The fourth-order valence-electron chi connectivity index (χ4n) is 8.50. The molecule has 52 heavy (non-hydrogen) atoms. The Morgan fingerprint density at radius 2 is 1.48 bits per heavy atom. The van der Waals surface area contributed by atoms with Gasteiger partial charge in [-0.3, -0.25) is 19.2 Å². The van der Waals surface area contributed by atoms with Gasteiger partial charge in [0.1, 0.15) is 22.3 Å². The Balaban J connectivity index is 1.97. The third kappa shape index (κ3) is 7.83. The van der Waals surface area contributed by atoms with Crippen molar-refractivity contribution >= 4 is 39.2 Å². The second-order valence-electron chi connectivity index (χ2n) is 17.1. The third-order valence-electron chi connectivity index (χ3n) is 11.9. The van der Waals surface area contributed by atoms with E-state index in [1.54, 1.807) is 0 Å². The highest BCUT2D eigenvalue weighted by atomic mass is 79.9. The zero-order valence-corrected chi connectivity index (χ0v) is 34.6. The van der Waals surface area contributed by atoms with Crippen LogP contribution in [0.2, 0.25) is 0 Å². The molecular weight excluding hydrogens is 720 g/mol. The lowest BCUT2D eigenvalue weighted by molar-refractivity contribution is -0.188. The number of halogens is 1. The zero-order valence-electron chi connectivity index (χ0n) is 33.0. The number of allylic oxidation sites excluding steroid dienone is 8. The smallest absolute Gasteiger partial charge is 0.311 e. The van der Waals surface area contributed by atoms with Gasteiger partial charge in [0.05, 0.1) is 5.41 Å². The first-order chi connectivity index (χ1) is 24.2. The van der Waals surface area contributed by atoms with Crippen molar-refractivity contribution < 1.29 is 33.8 Å². The maximum absolute atomic E-state index is 15.6. The molecule has 1 aromatic rings. The number of hydrogen-bond acceptors (Lipinski definition) is 7. The van der Waals surface area contributed by atoms with Crippen molar-refractivity contribution in [3.63, 3.8) is 0 Å². The van der Waals surface area contributed by atoms with E-state index < -0.39 is 39.4 Å². The summed E-state index contributed by atoms with van der Waals surface area (Å²) in [5.74, 6) is -2.16. The van der Waals surface area contributed by atoms with Crippen LogP contribution < -0.4 is 4.74 Å². The molecule has 0 aromatic heterocycles. The van der Waals surface area contributed by atoms with E-state index in [1.807, 2.05) is 47.6 Å². The summed E-state index contributed by atoms with van der Waals surface area (Å²) in [5, 5.41) is 11.5. The molecule has 8 heteroatoms. The first-order valence-corrected chi connectivity index (χ1v) is 19.9. The van der Waals surface area contributed by atoms with Gasteiger partial charge in [0.25, 0.3) is 0 Å². The Labute approximate surface area is 319 Å². The lowest BCUT2D eigenvalue weighted by Gasteiger charge is -2.64. The Morgan fingerprint density at radius 1 is 0.885 bits per heavy atom. The van der Waals surface area contributed by atoms with Gasteiger partial charge in [-0.25, -0.2) is 0 Å². The van der Waals surface area contributed by atoms with Crippen LogP contribution in [0.1, 0.15) is 137 Å². The van der Waals surface area contributed by atoms with Gasteiger partial charge in [0.15, 0.2) is 28.8 Å². The van der Waals surface area contributed by atoms with Crippen LogP contribution >= 0.6 is 15.9 Å².